The lowest BCUT2D eigenvalue weighted by Gasteiger charge is -2.23. The number of aliphatic carboxylic acids is 1. The van der Waals surface area contributed by atoms with Gasteiger partial charge in [0.05, 0.1) is 56.5 Å². The van der Waals surface area contributed by atoms with Crippen LogP contribution in [0, 0.1) is 12.8 Å². The molecule has 13 heteroatoms. The van der Waals surface area contributed by atoms with Gasteiger partial charge in [-0.05, 0) is 43.4 Å². The maximum absolute atomic E-state index is 13.0. The predicted molar refractivity (Wildman–Crippen MR) is 152 cm³/mol. The van der Waals surface area contributed by atoms with Crippen molar-refractivity contribution >= 4 is 41.0 Å². The highest BCUT2D eigenvalue weighted by atomic mass is 35.5. The van der Waals surface area contributed by atoms with Gasteiger partial charge in [0.15, 0.2) is 5.82 Å². The molecule has 1 amide bonds. The Hall–Kier alpha value is -2.77. The Morgan fingerprint density at radius 3 is 2.40 bits per heavy atom. The SMILES string of the molecule is CC1=C(C)C2C(c3ccc(Cl)cc3)=N[C@@H](CC(=O)NCCOCCOCCOCC(=O)O)c3nnc(C)n3C2S1. The summed E-state index contributed by atoms with van der Waals surface area (Å²) in [5.74, 6) is 0.325. The van der Waals surface area contributed by atoms with Gasteiger partial charge in [-0.15, -0.1) is 22.0 Å². The molecule has 0 saturated carbocycles. The number of halogens is 1. The number of aryl methyl sites for hydroxylation is 1. The molecular weight excluding hydrogens is 558 g/mol. The van der Waals surface area contributed by atoms with Crippen molar-refractivity contribution in [2.45, 2.75) is 38.6 Å². The molecule has 0 spiro atoms. The highest BCUT2D eigenvalue weighted by Crippen LogP contribution is 2.52. The topological polar surface area (TPSA) is 137 Å². The fourth-order valence-electron chi connectivity index (χ4n) is 4.67. The van der Waals surface area contributed by atoms with Gasteiger partial charge < -0.3 is 24.6 Å². The number of thioether (sulfide) groups is 1. The first kappa shape index (κ1) is 30.2. The number of rotatable bonds is 14. The van der Waals surface area contributed by atoms with E-state index >= 15 is 0 Å². The number of hydrogen-bond donors (Lipinski definition) is 2. The van der Waals surface area contributed by atoms with Gasteiger partial charge in [-0.3, -0.25) is 14.4 Å². The highest BCUT2D eigenvalue weighted by molar-refractivity contribution is 8.03. The van der Waals surface area contributed by atoms with Crippen LogP contribution < -0.4 is 5.32 Å². The van der Waals surface area contributed by atoms with E-state index in [1.54, 1.807) is 11.8 Å². The molecular formula is C27H34ClN5O6S. The normalized spacial score (nSPS) is 20.1. The third kappa shape index (κ3) is 7.49. The summed E-state index contributed by atoms with van der Waals surface area (Å²) in [7, 11) is 0. The first-order valence-electron chi connectivity index (χ1n) is 13.1. The van der Waals surface area contributed by atoms with Crippen LogP contribution in [0.25, 0.3) is 0 Å². The number of hydrogen-bond acceptors (Lipinski definition) is 9. The summed E-state index contributed by atoms with van der Waals surface area (Å²) in [6.45, 7) is 7.71. The number of nitrogens with one attached hydrogen (secondary N) is 1. The lowest BCUT2D eigenvalue weighted by molar-refractivity contribution is -0.142. The number of fused-ring (bicyclic) bond motifs is 3. The largest absolute Gasteiger partial charge is 0.480 e. The Balaban J connectivity index is 1.36. The number of amides is 1. The maximum Gasteiger partial charge on any atom is 0.329 e. The molecule has 0 aliphatic carbocycles. The zero-order valence-corrected chi connectivity index (χ0v) is 24.3. The zero-order valence-electron chi connectivity index (χ0n) is 22.8. The molecule has 0 radical (unpaired) electrons. The van der Waals surface area contributed by atoms with Gasteiger partial charge in [-0.2, -0.15) is 0 Å². The predicted octanol–water partition coefficient (Wildman–Crippen LogP) is 3.58. The molecule has 1 aromatic heterocycles. The van der Waals surface area contributed by atoms with Crippen molar-refractivity contribution in [3.8, 4) is 0 Å². The second-order valence-electron chi connectivity index (χ2n) is 9.46. The number of aromatic nitrogens is 3. The summed E-state index contributed by atoms with van der Waals surface area (Å²) in [5, 5.41) is 20.9. The van der Waals surface area contributed by atoms with E-state index in [0.29, 0.717) is 37.2 Å². The fourth-order valence-corrected chi connectivity index (χ4v) is 6.31. The number of carboxylic acid groups (broad SMARTS) is 1. The molecule has 0 saturated heterocycles. The number of nitrogens with zero attached hydrogens (tertiary/aromatic N) is 4. The van der Waals surface area contributed by atoms with Gasteiger partial charge >= 0.3 is 5.97 Å². The quantitative estimate of drug-likeness (QED) is 0.316. The number of carboxylic acids is 1. The molecule has 216 valence electrons. The number of benzene rings is 1. The second kappa shape index (κ2) is 14.2. The first-order valence-corrected chi connectivity index (χ1v) is 14.3. The van der Waals surface area contributed by atoms with Gasteiger partial charge in [0.25, 0.3) is 0 Å². The van der Waals surface area contributed by atoms with Gasteiger partial charge in [0.1, 0.15) is 18.5 Å². The van der Waals surface area contributed by atoms with E-state index in [4.69, 9.17) is 35.9 Å². The average molecular weight is 592 g/mol. The third-order valence-corrected chi connectivity index (χ3v) is 8.35. The van der Waals surface area contributed by atoms with Crippen molar-refractivity contribution in [3.63, 3.8) is 0 Å². The molecule has 2 N–H and O–H groups in total. The molecule has 3 atom stereocenters. The Bertz CT molecular complexity index is 1260. The Kier molecular flexibility index (Phi) is 10.7. The van der Waals surface area contributed by atoms with Crippen LogP contribution in [0.15, 0.2) is 39.7 Å². The van der Waals surface area contributed by atoms with E-state index in [0.717, 1.165) is 17.1 Å². The maximum atomic E-state index is 13.0. The van der Waals surface area contributed by atoms with E-state index in [1.165, 1.54) is 10.5 Å². The zero-order chi connectivity index (χ0) is 28.6. The minimum atomic E-state index is -1.01. The molecule has 11 nitrogen and oxygen atoms in total. The standard InChI is InChI=1S/C27H34ClN5O6S/c1-16-17(2)40-27-24(16)25(19-4-6-20(28)7-5-19)30-21(26-32-31-18(3)33(26)27)14-22(34)29-8-9-37-10-11-38-12-13-39-15-23(35)36/h4-7,21,24,27H,8-15H2,1-3H3,(H,29,34)(H,35,36)/t21-,24?,27?/m0/s1. The van der Waals surface area contributed by atoms with Crippen LogP contribution in [0.3, 0.4) is 0 Å². The molecule has 2 aromatic rings. The van der Waals surface area contributed by atoms with Crippen molar-refractivity contribution in [2.24, 2.45) is 10.9 Å². The summed E-state index contributed by atoms with van der Waals surface area (Å²) in [5.41, 5.74) is 3.14. The van der Waals surface area contributed by atoms with E-state index < -0.39 is 12.0 Å². The highest BCUT2D eigenvalue weighted by Gasteiger charge is 2.42. The minimum absolute atomic E-state index is 0.0202. The molecule has 40 heavy (non-hydrogen) atoms. The van der Waals surface area contributed by atoms with E-state index in [-0.39, 0.29) is 43.4 Å². The molecule has 2 unspecified atom stereocenters. The van der Waals surface area contributed by atoms with E-state index in [2.05, 4.69) is 33.9 Å². The molecule has 3 heterocycles. The number of carbonyl (C=O) groups is 2. The van der Waals surface area contributed by atoms with Gasteiger partial charge in [-0.25, -0.2) is 4.79 Å². The van der Waals surface area contributed by atoms with Crippen LogP contribution in [0.2, 0.25) is 5.02 Å². The molecule has 1 aromatic carbocycles. The van der Waals surface area contributed by atoms with Gasteiger partial charge in [0, 0.05) is 11.6 Å². The summed E-state index contributed by atoms with van der Waals surface area (Å²) >= 11 is 7.96. The summed E-state index contributed by atoms with van der Waals surface area (Å²) in [6.07, 6.45) is 0.126. The molecule has 2 aliphatic heterocycles. The Morgan fingerprint density at radius 1 is 1.02 bits per heavy atom. The second-order valence-corrected chi connectivity index (χ2v) is 11.2. The van der Waals surface area contributed by atoms with Crippen LogP contribution in [0.5, 0.6) is 0 Å². The summed E-state index contributed by atoms with van der Waals surface area (Å²) in [6, 6.07) is 7.18. The van der Waals surface area contributed by atoms with Crippen LogP contribution in [0.4, 0.5) is 0 Å². The molecule has 0 fully saturated rings. The average Bonchev–Trinajstić information content (AvgIpc) is 3.39. The lowest BCUT2D eigenvalue weighted by Crippen LogP contribution is -2.29. The first-order chi connectivity index (χ1) is 19.3. The molecule has 2 aliphatic rings. The summed E-state index contributed by atoms with van der Waals surface area (Å²) in [4.78, 5) is 29.8. The van der Waals surface area contributed by atoms with Crippen molar-refractivity contribution in [1.29, 1.82) is 0 Å². The van der Waals surface area contributed by atoms with E-state index in [1.807, 2.05) is 31.2 Å². The minimum Gasteiger partial charge on any atom is -0.480 e. The van der Waals surface area contributed by atoms with Crippen molar-refractivity contribution in [2.75, 3.05) is 46.2 Å². The van der Waals surface area contributed by atoms with Crippen LogP contribution >= 0.6 is 23.4 Å². The fraction of sp³-hybridized carbons (Fsp3) is 0.519. The van der Waals surface area contributed by atoms with Crippen molar-refractivity contribution in [3.05, 3.63) is 57.0 Å². The summed E-state index contributed by atoms with van der Waals surface area (Å²) < 4.78 is 17.8. The number of allylic oxidation sites excluding steroid dienone is 2. The van der Waals surface area contributed by atoms with Crippen molar-refractivity contribution in [1.82, 2.24) is 20.1 Å². The van der Waals surface area contributed by atoms with Gasteiger partial charge in [0.2, 0.25) is 5.91 Å². The Morgan fingerprint density at radius 2 is 1.70 bits per heavy atom. The van der Waals surface area contributed by atoms with Gasteiger partial charge in [-0.1, -0.05) is 29.3 Å². The smallest absolute Gasteiger partial charge is 0.329 e. The van der Waals surface area contributed by atoms with Crippen LogP contribution in [-0.4, -0.2) is 83.6 Å². The number of carbonyl (C=O) groups excluding carboxylic acids is 1. The van der Waals surface area contributed by atoms with Crippen LogP contribution in [-0.2, 0) is 23.8 Å². The number of ether oxygens (including phenoxy) is 3. The Labute approximate surface area is 242 Å². The molecule has 4 rings (SSSR count). The van der Waals surface area contributed by atoms with E-state index in [9.17, 15) is 9.59 Å². The molecule has 0 bridgehead atoms. The third-order valence-electron chi connectivity index (χ3n) is 6.70. The monoisotopic (exact) mass is 591 g/mol. The lowest BCUT2D eigenvalue weighted by atomic mass is 9.90. The number of aliphatic imine (C=N–C) groups is 1. The van der Waals surface area contributed by atoms with Crippen LogP contribution in [0.1, 0.15) is 48.9 Å². The van der Waals surface area contributed by atoms with Crippen molar-refractivity contribution < 1.29 is 28.9 Å².